The number of nitrogens with one attached hydrogen (secondary N) is 1. The Labute approximate surface area is 176 Å². The molecule has 0 aliphatic carbocycles. The second-order valence-electron chi connectivity index (χ2n) is 6.70. The van der Waals surface area contributed by atoms with Crippen molar-refractivity contribution in [3.63, 3.8) is 0 Å². The Morgan fingerprint density at radius 1 is 1.10 bits per heavy atom. The molecule has 0 saturated carbocycles. The lowest BCUT2D eigenvalue weighted by atomic mass is 10.1. The summed E-state index contributed by atoms with van der Waals surface area (Å²) >= 11 is 1.63. The molecule has 1 amide bonds. The molecule has 5 rings (SSSR count). The van der Waals surface area contributed by atoms with Crippen molar-refractivity contribution in [2.45, 2.75) is 0 Å². The number of carbonyl (C=O) groups excluding carboxylic acids is 1. The van der Waals surface area contributed by atoms with E-state index in [9.17, 15) is 4.79 Å². The van der Waals surface area contributed by atoms with Crippen molar-refractivity contribution in [2.24, 2.45) is 0 Å². The second kappa shape index (κ2) is 8.13. The van der Waals surface area contributed by atoms with E-state index in [1.165, 1.54) is 6.26 Å². The Morgan fingerprint density at radius 3 is 2.70 bits per heavy atom. The molecule has 1 aliphatic rings. The molecule has 1 aromatic carbocycles. The molecule has 3 aromatic heterocycles. The molecule has 0 atom stereocenters. The van der Waals surface area contributed by atoms with Crippen LogP contribution in [-0.2, 0) is 4.74 Å². The SMILES string of the molecule is O=C(Nc1ccc(-c2csc(N3CCOCC3)n2)cc1)c1cc(-c2ccco2)on1. The number of nitrogens with zero attached hydrogens (tertiary/aromatic N) is 3. The van der Waals surface area contributed by atoms with Crippen molar-refractivity contribution in [3.05, 3.63) is 59.8 Å². The van der Waals surface area contributed by atoms with E-state index in [1.807, 2.05) is 29.6 Å². The minimum atomic E-state index is -0.354. The Bertz CT molecular complexity index is 1130. The standard InChI is InChI=1S/C21H18N4O4S/c26-20(16-12-19(29-24-16)18-2-1-9-28-18)22-15-5-3-14(4-6-15)17-13-30-21(23-17)25-7-10-27-11-8-25/h1-6,9,12-13H,7-8,10-11H2,(H,22,26). The summed E-state index contributed by atoms with van der Waals surface area (Å²) in [7, 11) is 0. The summed E-state index contributed by atoms with van der Waals surface area (Å²) in [6, 6.07) is 12.6. The van der Waals surface area contributed by atoms with E-state index in [2.05, 4.69) is 15.4 Å². The van der Waals surface area contributed by atoms with Crippen molar-refractivity contribution in [3.8, 4) is 22.8 Å². The fourth-order valence-electron chi connectivity index (χ4n) is 3.13. The average molecular weight is 422 g/mol. The van der Waals surface area contributed by atoms with Crippen molar-refractivity contribution in [1.82, 2.24) is 10.1 Å². The molecule has 30 heavy (non-hydrogen) atoms. The number of hydrogen-bond donors (Lipinski definition) is 1. The first kappa shape index (κ1) is 18.6. The largest absolute Gasteiger partial charge is 0.461 e. The number of morpholine rings is 1. The number of hydrogen-bond acceptors (Lipinski definition) is 8. The Kier molecular flexibility index (Phi) is 5.04. The van der Waals surface area contributed by atoms with Gasteiger partial charge in [-0.3, -0.25) is 4.79 Å². The van der Waals surface area contributed by atoms with Gasteiger partial charge in [0.15, 0.2) is 16.6 Å². The third-order valence-corrected chi connectivity index (χ3v) is 5.62. The molecule has 0 bridgehead atoms. The maximum absolute atomic E-state index is 12.4. The molecule has 0 spiro atoms. The molecule has 4 heterocycles. The van der Waals surface area contributed by atoms with Crippen LogP contribution in [0.15, 0.2) is 63.0 Å². The van der Waals surface area contributed by atoms with Gasteiger partial charge in [0.2, 0.25) is 5.76 Å². The zero-order chi connectivity index (χ0) is 20.3. The number of carbonyl (C=O) groups is 1. The summed E-state index contributed by atoms with van der Waals surface area (Å²) in [4.78, 5) is 19.4. The number of ether oxygens (including phenoxy) is 1. The van der Waals surface area contributed by atoms with Crippen molar-refractivity contribution < 1.29 is 18.5 Å². The van der Waals surface area contributed by atoms with Gasteiger partial charge >= 0.3 is 0 Å². The average Bonchev–Trinajstić information content (AvgIpc) is 3.56. The van der Waals surface area contributed by atoms with Gasteiger partial charge in [-0.2, -0.15) is 0 Å². The second-order valence-corrected chi connectivity index (χ2v) is 7.54. The minimum Gasteiger partial charge on any atom is -0.461 e. The van der Waals surface area contributed by atoms with Gasteiger partial charge in [0.05, 0.1) is 25.2 Å². The normalized spacial score (nSPS) is 14.1. The number of benzene rings is 1. The van der Waals surface area contributed by atoms with Crippen LogP contribution in [0.3, 0.4) is 0 Å². The highest BCUT2D eigenvalue weighted by molar-refractivity contribution is 7.14. The van der Waals surface area contributed by atoms with Gasteiger partial charge in [-0.05, 0) is 24.3 Å². The molecule has 1 aliphatic heterocycles. The van der Waals surface area contributed by atoms with E-state index in [0.29, 0.717) is 17.2 Å². The highest BCUT2D eigenvalue weighted by atomic mass is 32.1. The predicted octanol–water partition coefficient (Wildman–Crippen LogP) is 4.15. The van der Waals surface area contributed by atoms with E-state index in [1.54, 1.807) is 29.5 Å². The number of thiazole rings is 1. The monoisotopic (exact) mass is 422 g/mol. The highest BCUT2D eigenvalue weighted by Gasteiger charge is 2.17. The number of aromatic nitrogens is 2. The molecule has 1 N–H and O–H groups in total. The molecule has 9 heteroatoms. The number of anilines is 2. The maximum atomic E-state index is 12.4. The molecule has 4 aromatic rings. The molecular formula is C21H18N4O4S. The first-order valence-electron chi connectivity index (χ1n) is 9.47. The van der Waals surface area contributed by atoms with E-state index in [-0.39, 0.29) is 11.6 Å². The van der Waals surface area contributed by atoms with Gasteiger partial charge in [0.1, 0.15) is 0 Å². The van der Waals surface area contributed by atoms with Gasteiger partial charge in [0, 0.05) is 35.8 Å². The molecular weight excluding hydrogens is 404 g/mol. The Hall–Kier alpha value is -3.43. The fourth-order valence-corrected chi connectivity index (χ4v) is 4.02. The zero-order valence-electron chi connectivity index (χ0n) is 15.9. The zero-order valence-corrected chi connectivity index (χ0v) is 16.7. The van der Waals surface area contributed by atoms with Crippen LogP contribution in [0.5, 0.6) is 0 Å². The Balaban J connectivity index is 1.25. The molecule has 1 fully saturated rings. The lowest BCUT2D eigenvalue weighted by molar-refractivity contribution is 0.101. The third kappa shape index (κ3) is 3.85. The summed E-state index contributed by atoms with van der Waals surface area (Å²) < 4.78 is 15.8. The van der Waals surface area contributed by atoms with Crippen molar-refractivity contribution >= 4 is 28.1 Å². The van der Waals surface area contributed by atoms with Gasteiger partial charge in [-0.25, -0.2) is 4.98 Å². The fraction of sp³-hybridized carbons (Fsp3) is 0.190. The summed E-state index contributed by atoms with van der Waals surface area (Å²) in [6.07, 6.45) is 1.53. The van der Waals surface area contributed by atoms with Gasteiger partial charge in [-0.1, -0.05) is 17.3 Å². The first-order valence-corrected chi connectivity index (χ1v) is 10.3. The van der Waals surface area contributed by atoms with Gasteiger partial charge in [0.25, 0.3) is 5.91 Å². The van der Waals surface area contributed by atoms with Crippen LogP contribution in [0.4, 0.5) is 10.8 Å². The summed E-state index contributed by atoms with van der Waals surface area (Å²) in [5.41, 5.74) is 2.75. The predicted molar refractivity (Wildman–Crippen MR) is 113 cm³/mol. The molecule has 8 nitrogen and oxygen atoms in total. The van der Waals surface area contributed by atoms with E-state index >= 15 is 0 Å². The molecule has 152 valence electrons. The molecule has 0 radical (unpaired) electrons. The van der Waals surface area contributed by atoms with Crippen LogP contribution in [0.25, 0.3) is 22.8 Å². The molecule has 1 saturated heterocycles. The van der Waals surface area contributed by atoms with Crippen LogP contribution in [0.1, 0.15) is 10.5 Å². The van der Waals surface area contributed by atoms with Crippen molar-refractivity contribution in [1.29, 1.82) is 0 Å². The lowest BCUT2D eigenvalue weighted by Crippen LogP contribution is -2.36. The first-order chi connectivity index (χ1) is 14.8. The van der Waals surface area contributed by atoms with E-state index in [4.69, 9.17) is 18.7 Å². The quantitative estimate of drug-likeness (QED) is 0.516. The van der Waals surface area contributed by atoms with E-state index < -0.39 is 0 Å². The lowest BCUT2D eigenvalue weighted by Gasteiger charge is -2.26. The summed E-state index contributed by atoms with van der Waals surface area (Å²) in [5.74, 6) is 0.568. The van der Waals surface area contributed by atoms with Crippen LogP contribution < -0.4 is 10.2 Å². The number of rotatable bonds is 5. The van der Waals surface area contributed by atoms with Gasteiger partial charge < -0.3 is 23.9 Å². The summed E-state index contributed by atoms with van der Waals surface area (Å²) in [5, 5.41) is 9.68. The topological polar surface area (TPSA) is 93.6 Å². The smallest absolute Gasteiger partial charge is 0.277 e. The number of amides is 1. The Morgan fingerprint density at radius 2 is 1.93 bits per heavy atom. The molecule has 0 unspecified atom stereocenters. The minimum absolute atomic E-state index is 0.181. The highest BCUT2D eigenvalue weighted by Crippen LogP contribution is 2.29. The van der Waals surface area contributed by atoms with Gasteiger partial charge in [-0.15, -0.1) is 11.3 Å². The van der Waals surface area contributed by atoms with Crippen molar-refractivity contribution in [2.75, 3.05) is 36.5 Å². The summed E-state index contributed by atoms with van der Waals surface area (Å²) in [6.45, 7) is 3.19. The van der Waals surface area contributed by atoms with Crippen LogP contribution in [-0.4, -0.2) is 42.4 Å². The van der Waals surface area contributed by atoms with E-state index in [0.717, 1.165) is 42.7 Å². The van der Waals surface area contributed by atoms with Crippen LogP contribution in [0, 0.1) is 0 Å². The van der Waals surface area contributed by atoms with Crippen LogP contribution >= 0.6 is 11.3 Å². The van der Waals surface area contributed by atoms with Crippen LogP contribution in [0.2, 0.25) is 0 Å². The third-order valence-electron chi connectivity index (χ3n) is 4.72. The maximum Gasteiger partial charge on any atom is 0.277 e. The number of furan rings is 1.